The van der Waals surface area contributed by atoms with Gasteiger partial charge >= 0.3 is 0 Å². The molecule has 54 valence electrons. The van der Waals surface area contributed by atoms with Crippen LogP contribution in [-0.4, -0.2) is 0 Å². The maximum atomic E-state index is 5.65. The second-order valence-electron chi connectivity index (χ2n) is 1.79. The summed E-state index contributed by atoms with van der Waals surface area (Å²) in [6.07, 6.45) is 0. The Kier molecular flexibility index (Phi) is 2.38. The molecular weight excluding hydrogens is 171 g/mol. The van der Waals surface area contributed by atoms with Crippen LogP contribution in [0.25, 0.3) is 0 Å². The third-order valence-electron chi connectivity index (χ3n) is 1.05. The average Bonchev–Trinajstić information content (AvgIpc) is 1.88. The number of hydrazine groups is 1. The van der Waals surface area contributed by atoms with Crippen LogP contribution in [0.15, 0.2) is 24.3 Å². The third-order valence-corrected chi connectivity index (χ3v) is 1.49. The predicted molar refractivity (Wildman–Crippen MR) is 44.0 cm³/mol. The average molecular weight is 177 g/mol. The van der Waals surface area contributed by atoms with Crippen LogP contribution in [0.5, 0.6) is 0 Å². The molecule has 2 nitrogen and oxygen atoms in total. The monoisotopic (exact) mass is 176 g/mol. The Bertz CT molecular complexity index is 225. The Morgan fingerprint density at radius 1 is 1.40 bits per heavy atom. The molecular formula is C6H6Cl2N2. The van der Waals surface area contributed by atoms with E-state index in [0.717, 1.165) is 4.53 Å². The van der Waals surface area contributed by atoms with E-state index in [1.807, 2.05) is 0 Å². The van der Waals surface area contributed by atoms with Crippen molar-refractivity contribution < 1.29 is 0 Å². The lowest BCUT2D eigenvalue weighted by Crippen LogP contribution is -2.17. The van der Waals surface area contributed by atoms with E-state index in [4.69, 9.17) is 29.2 Å². The summed E-state index contributed by atoms with van der Waals surface area (Å²) in [4.78, 5) is 0. The Balaban J connectivity index is 2.96. The first kappa shape index (κ1) is 7.66. The molecule has 0 aliphatic heterocycles. The van der Waals surface area contributed by atoms with Crippen LogP contribution >= 0.6 is 23.4 Å². The van der Waals surface area contributed by atoms with E-state index in [9.17, 15) is 0 Å². The first-order valence-corrected chi connectivity index (χ1v) is 3.38. The molecule has 1 aromatic carbocycles. The SMILES string of the molecule is NN(Cl)c1cccc(Cl)c1. The number of rotatable bonds is 1. The molecule has 2 N–H and O–H groups in total. The first-order valence-electron chi connectivity index (χ1n) is 2.66. The molecule has 0 saturated heterocycles. The molecule has 0 bridgehead atoms. The van der Waals surface area contributed by atoms with Crippen LogP contribution in [0.2, 0.25) is 5.02 Å². The van der Waals surface area contributed by atoms with Gasteiger partial charge in [0.1, 0.15) is 0 Å². The number of benzene rings is 1. The van der Waals surface area contributed by atoms with E-state index >= 15 is 0 Å². The highest BCUT2D eigenvalue weighted by molar-refractivity contribution is 6.31. The summed E-state index contributed by atoms with van der Waals surface area (Å²) in [5.41, 5.74) is 0.675. The van der Waals surface area contributed by atoms with E-state index in [2.05, 4.69) is 0 Å². The fraction of sp³-hybridized carbons (Fsp3) is 0. The van der Waals surface area contributed by atoms with Crippen LogP contribution in [-0.2, 0) is 0 Å². The lowest BCUT2D eigenvalue weighted by atomic mass is 10.3. The number of halogens is 2. The molecule has 1 aromatic rings. The minimum atomic E-state index is 0.619. The Morgan fingerprint density at radius 3 is 2.50 bits per heavy atom. The molecule has 0 atom stereocenters. The van der Waals surface area contributed by atoms with Gasteiger partial charge in [0.2, 0.25) is 0 Å². The van der Waals surface area contributed by atoms with Crippen LogP contribution in [0.4, 0.5) is 5.69 Å². The van der Waals surface area contributed by atoms with E-state index in [1.54, 1.807) is 24.3 Å². The lowest BCUT2D eigenvalue weighted by Gasteiger charge is -2.06. The molecule has 0 spiro atoms. The molecule has 0 heterocycles. The molecule has 0 aliphatic rings. The van der Waals surface area contributed by atoms with Crippen LogP contribution in [0.1, 0.15) is 0 Å². The minimum Gasteiger partial charge on any atom is -0.232 e. The molecule has 0 unspecified atom stereocenters. The van der Waals surface area contributed by atoms with Gasteiger partial charge in [-0.3, -0.25) is 0 Å². The summed E-state index contributed by atoms with van der Waals surface area (Å²) in [5, 5.41) is 0.619. The van der Waals surface area contributed by atoms with Gasteiger partial charge in [-0.2, -0.15) is 0 Å². The molecule has 4 heteroatoms. The highest BCUT2D eigenvalue weighted by atomic mass is 35.5. The molecule has 0 fully saturated rings. The van der Waals surface area contributed by atoms with Crippen LogP contribution < -0.4 is 10.4 Å². The zero-order valence-corrected chi connectivity index (χ0v) is 6.60. The summed E-state index contributed by atoms with van der Waals surface area (Å²) >= 11 is 11.1. The summed E-state index contributed by atoms with van der Waals surface area (Å²) in [6, 6.07) is 6.97. The zero-order valence-electron chi connectivity index (χ0n) is 5.09. The highest BCUT2D eigenvalue weighted by Gasteiger charge is 1.95. The van der Waals surface area contributed by atoms with Gasteiger partial charge in [0.25, 0.3) is 0 Å². The molecule has 0 aliphatic carbocycles. The van der Waals surface area contributed by atoms with E-state index in [-0.39, 0.29) is 0 Å². The fourth-order valence-corrected chi connectivity index (χ4v) is 0.899. The second kappa shape index (κ2) is 3.10. The Morgan fingerprint density at radius 2 is 2.10 bits per heavy atom. The van der Waals surface area contributed by atoms with Crippen molar-refractivity contribution in [2.75, 3.05) is 4.53 Å². The predicted octanol–water partition coefficient (Wildman–Crippen LogP) is 2.17. The minimum absolute atomic E-state index is 0.619. The normalized spacial score (nSPS) is 9.50. The third kappa shape index (κ3) is 1.77. The van der Waals surface area contributed by atoms with Crippen molar-refractivity contribution in [3.05, 3.63) is 29.3 Å². The van der Waals surface area contributed by atoms with Gasteiger partial charge in [0.15, 0.2) is 0 Å². The van der Waals surface area contributed by atoms with Crippen molar-refractivity contribution in [2.45, 2.75) is 0 Å². The largest absolute Gasteiger partial charge is 0.232 e. The fourth-order valence-electron chi connectivity index (χ4n) is 0.609. The molecule has 10 heavy (non-hydrogen) atoms. The summed E-state index contributed by atoms with van der Waals surface area (Å²) < 4.78 is 0.992. The maximum absolute atomic E-state index is 5.65. The number of anilines is 1. The first-order chi connectivity index (χ1) is 4.70. The van der Waals surface area contributed by atoms with E-state index in [1.165, 1.54) is 0 Å². The topological polar surface area (TPSA) is 29.3 Å². The van der Waals surface area contributed by atoms with Crippen molar-refractivity contribution in [1.29, 1.82) is 0 Å². The van der Waals surface area contributed by atoms with Crippen molar-refractivity contribution in [3.8, 4) is 0 Å². The van der Waals surface area contributed by atoms with Gasteiger partial charge in [-0.15, -0.1) is 0 Å². The van der Waals surface area contributed by atoms with Crippen LogP contribution in [0.3, 0.4) is 0 Å². The Labute approximate surface area is 69.2 Å². The van der Waals surface area contributed by atoms with Crippen molar-refractivity contribution in [2.24, 2.45) is 5.84 Å². The van der Waals surface area contributed by atoms with E-state index < -0.39 is 0 Å². The van der Waals surface area contributed by atoms with Gasteiger partial charge < -0.3 is 0 Å². The zero-order chi connectivity index (χ0) is 7.56. The summed E-state index contributed by atoms with van der Waals surface area (Å²) in [7, 11) is 0. The summed E-state index contributed by atoms with van der Waals surface area (Å²) in [5.74, 6) is 5.22. The lowest BCUT2D eigenvalue weighted by molar-refractivity contribution is 1.19. The van der Waals surface area contributed by atoms with Crippen molar-refractivity contribution >= 4 is 29.1 Å². The van der Waals surface area contributed by atoms with Crippen LogP contribution in [0, 0.1) is 0 Å². The van der Waals surface area contributed by atoms with Gasteiger partial charge in [-0.25, -0.2) is 10.4 Å². The Hall–Kier alpha value is -0.440. The van der Waals surface area contributed by atoms with E-state index in [0.29, 0.717) is 10.7 Å². The molecule has 0 aromatic heterocycles. The number of nitrogens with zero attached hydrogens (tertiary/aromatic N) is 1. The summed E-state index contributed by atoms with van der Waals surface area (Å²) in [6.45, 7) is 0. The molecule has 0 amide bonds. The van der Waals surface area contributed by atoms with Gasteiger partial charge in [-0.1, -0.05) is 17.7 Å². The molecule has 1 rings (SSSR count). The molecule has 0 radical (unpaired) electrons. The maximum Gasteiger partial charge on any atom is 0.0718 e. The van der Waals surface area contributed by atoms with Gasteiger partial charge in [0, 0.05) is 16.8 Å². The highest BCUT2D eigenvalue weighted by Crippen LogP contribution is 2.17. The number of hydrogen-bond donors (Lipinski definition) is 1. The van der Waals surface area contributed by atoms with Gasteiger partial charge in [-0.05, 0) is 18.2 Å². The smallest absolute Gasteiger partial charge is 0.0718 e. The number of hydrogen-bond acceptors (Lipinski definition) is 2. The standard InChI is InChI=1S/C6H6Cl2N2/c7-5-2-1-3-6(4-5)10(8)9/h1-4H,9H2. The quantitative estimate of drug-likeness (QED) is 0.404. The second-order valence-corrected chi connectivity index (χ2v) is 2.59. The molecule has 0 saturated carbocycles. The number of nitrogens with two attached hydrogens (primary N) is 1. The van der Waals surface area contributed by atoms with Crippen molar-refractivity contribution in [1.82, 2.24) is 0 Å². The van der Waals surface area contributed by atoms with Crippen molar-refractivity contribution in [3.63, 3.8) is 0 Å². The van der Waals surface area contributed by atoms with Gasteiger partial charge in [0.05, 0.1) is 5.69 Å².